The van der Waals surface area contributed by atoms with Crippen molar-refractivity contribution in [3.8, 4) is 0 Å². The molecule has 0 spiro atoms. The van der Waals surface area contributed by atoms with E-state index in [2.05, 4.69) is 0 Å². The van der Waals surface area contributed by atoms with E-state index in [1.807, 2.05) is 23.1 Å². The first kappa shape index (κ1) is 13.1. The predicted octanol–water partition coefficient (Wildman–Crippen LogP) is 3.89. The maximum atomic E-state index is 12.3. The van der Waals surface area contributed by atoms with Gasteiger partial charge in [0.2, 0.25) is 5.91 Å². The van der Waals surface area contributed by atoms with Crippen LogP contribution in [0, 0.1) is 0 Å². The Hall–Kier alpha value is -1.61. The summed E-state index contributed by atoms with van der Waals surface area (Å²) in [6.45, 7) is 0.826. The SMILES string of the molecule is O=C1CCCN1c1c2c(nc3cc(Cl)ccc13)CCCC2. The molecule has 2 aliphatic rings. The molecule has 0 radical (unpaired) electrons. The highest BCUT2D eigenvalue weighted by molar-refractivity contribution is 6.31. The molecular formula is C17H17ClN2O. The van der Waals surface area contributed by atoms with E-state index in [1.165, 1.54) is 18.4 Å². The second-order valence-corrected chi connectivity index (χ2v) is 6.34. The molecule has 2 heterocycles. The van der Waals surface area contributed by atoms with Crippen LogP contribution in [0.2, 0.25) is 5.02 Å². The van der Waals surface area contributed by atoms with Gasteiger partial charge in [-0.15, -0.1) is 0 Å². The van der Waals surface area contributed by atoms with E-state index in [4.69, 9.17) is 16.6 Å². The lowest BCUT2D eigenvalue weighted by Gasteiger charge is -2.26. The maximum absolute atomic E-state index is 12.3. The van der Waals surface area contributed by atoms with E-state index < -0.39 is 0 Å². The highest BCUT2D eigenvalue weighted by Crippen LogP contribution is 2.38. The molecule has 1 aliphatic carbocycles. The van der Waals surface area contributed by atoms with Gasteiger partial charge in [0, 0.05) is 29.1 Å². The van der Waals surface area contributed by atoms with Gasteiger partial charge in [-0.1, -0.05) is 11.6 Å². The molecule has 4 rings (SSSR count). The van der Waals surface area contributed by atoms with E-state index in [0.29, 0.717) is 11.4 Å². The van der Waals surface area contributed by atoms with Crippen molar-refractivity contribution < 1.29 is 4.79 Å². The van der Waals surface area contributed by atoms with Gasteiger partial charge in [0.05, 0.1) is 11.2 Å². The summed E-state index contributed by atoms with van der Waals surface area (Å²) in [7, 11) is 0. The van der Waals surface area contributed by atoms with Crippen molar-refractivity contribution in [3.63, 3.8) is 0 Å². The summed E-state index contributed by atoms with van der Waals surface area (Å²) >= 11 is 6.12. The average molecular weight is 301 g/mol. The molecule has 1 fully saturated rings. The molecule has 0 N–H and O–H groups in total. The summed E-state index contributed by atoms with van der Waals surface area (Å²) in [5.74, 6) is 0.241. The monoisotopic (exact) mass is 300 g/mol. The molecule has 108 valence electrons. The van der Waals surface area contributed by atoms with Crippen LogP contribution < -0.4 is 4.90 Å². The van der Waals surface area contributed by atoms with Crippen molar-refractivity contribution in [1.29, 1.82) is 0 Å². The second kappa shape index (κ2) is 4.99. The molecule has 0 unspecified atom stereocenters. The molecule has 0 atom stereocenters. The van der Waals surface area contributed by atoms with E-state index in [9.17, 15) is 4.79 Å². The highest BCUT2D eigenvalue weighted by Gasteiger charge is 2.28. The Morgan fingerprint density at radius 1 is 1.10 bits per heavy atom. The Kier molecular flexibility index (Phi) is 3.11. The van der Waals surface area contributed by atoms with Gasteiger partial charge in [0.25, 0.3) is 0 Å². The number of halogens is 1. The van der Waals surface area contributed by atoms with Gasteiger partial charge in [-0.3, -0.25) is 9.78 Å². The fourth-order valence-corrected chi connectivity index (χ4v) is 3.73. The van der Waals surface area contributed by atoms with E-state index in [-0.39, 0.29) is 5.91 Å². The van der Waals surface area contributed by atoms with Crippen LogP contribution in [0.3, 0.4) is 0 Å². The molecule has 1 aromatic heterocycles. The summed E-state index contributed by atoms with van der Waals surface area (Å²) in [6.07, 6.45) is 6.01. The third kappa shape index (κ3) is 2.11. The number of benzene rings is 1. The van der Waals surface area contributed by atoms with Crippen molar-refractivity contribution in [2.45, 2.75) is 38.5 Å². The van der Waals surface area contributed by atoms with Crippen LogP contribution in [0.5, 0.6) is 0 Å². The number of anilines is 1. The zero-order valence-corrected chi connectivity index (χ0v) is 12.6. The molecular weight excluding hydrogens is 284 g/mol. The summed E-state index contributed by atoms with van der Waals surface area (Å²) in [6, 6.07) is 5.82. The number of fused-ring (bicyclic) bond motifs is 2. The number of rotatable bonds is 1. The molecule has 0 bridgehead atoms. The summed E-state index contributed by atoms with van der Waals surface area (Å²) in [4.78, 5) is 19.0. The zero-order valence-electron chi connectivity index (χ0n) is 11.9. The number of nitrogens with zero attached hydrogens (tertiary/aromatic N) is 2. The minimum Gasteiger partial charge on any atom is -0.311 e. The summed E-state index contributed by atoms with van der Waals surface area (Å²) < 4.78 is 0. The van der Waals surface area contributed by atoms with Crippen molar-refractivity contribution >= 4 is 34.1 Å². The number of aromatic nitrogens is 1. The van der Waals surface area contributed by atoms with Gasteiger partial charge in [0.1, 0.15) is 0 Å². The highest BCUT2D eigenvalue weighted by atomic mass is 35.5. The Morgan fingerprint density at radius 3 is 2.76 bits per heavy atom. The third-order valence-electron chi connectivity index (χ3n) is 4.54. The minimum absolute atomic E-state index is 0.241. The number of pyridine rings is 1. The van der Waals surface area contributed by atoms with Crippen LogP contribution >= 0.6 is 11.6 Å². The summed E-state index contributed by atoms with van der Waals surface area (Å²) in [5.41, 5.74) is 4.46. The Balaban J connectivity index is 2.02. The molecule has 1 aliphatic heterocycles. The van der Waals surface area contributed by atoms with Crippen LogP contribution in [0.25, 0.3) is 10.9 Å². The Bertz CT molecular complexity index is 741. The smallest absolute Gasteiger partial charge is 0.227 e. The minimum atomic E-state index is 0.241. The first-order valence-corrected chi connectivity index (χ1v) is 8.03. The standard InChI is InChI=1S/C17H17ClN2O/c18-11-7-8-13-15(10-11)19-14-5-2-1-4-12(14)17(13)20-9-3-6-16(20)21/h7-8,10H,1-6,9H2. The van der Waals surface area contributed by atoms with Crippen LogP contribution in [0.1, 0.15) is 36.9 Å². The Morgan fingerprint density at radius 2 is 1.95 bits per heavy atom. The quantitative estimate of drug-likeness (QED) is 0.800. The molecule has 1 aromatic carbocycles. The normalized spacial score (nSPS) is 18.3. The molecule has 4 heteroatoms. The number of hydrogen-bond acceptors (Lipinski definition) is 2. The average Bonchev–Trinajstić information content (AvgIpc) is 2.90. The number of carbonyl (C=O) groups excluding carboxylic acids is 1. The number of hydrogen-bond donors (Lipinski definition) is 0. The third-order valence-corrected chi connectivity index (χ3v) is 4.77. The van der Waals surface area contributed by atoms with Crippen LogP contribution in [0.15, 0.2) is 18.2 Å². The van der Waals surface area contributed by atoms with Gasteiger partial charge in [-0.05, 0) is 55.9 Å². The maximum Gasteiger partial charge on any atom is 0.227 e. The Labute approximate surface area is 128 Å². The van der Waals surface area contributed by atoms with Gasteiger partial charge in [-0.2, -0.15) is 0 Å². The fourth-order valence-electron chi connectivity index (χ4n) is 3.57. The van der Waals surface area contributed by atoms with Crippen molar-refractivity contribution in [2.75, 3.05) is 11.4 Å². The lowest BCUT2D eigenvalue weighted by Crippen LogP contribution is -2.26. The molecule has 0 saturated carbocycles. The van der Waals surface area contributed by atoms with Crippen LogP contribution in [-0.2, 0) is 17.6 Å². The van der Waals surface area contributed by atoms with E-state index in [1.54, 1.807) is 0 Å². The number of carbonyl (C=O) groups is 1. The summed E-state index contributed by atoms with van der Waals surface area (Å²) in [5, 5.41) is 1.76. The molecule has 1 saturated heterocycles. The number of amides is 1. The van der Waals surface area contributed by atoms with Crippen LogP contribution in [-0.4, -0.2) is 17.4 Å². The van der Waals surface area contributed by atoms with Crippen molar-refractivity contribution in [1.82, 2.24) is 4.98 Å². The predicted molar refractivity (Wildman–Crippen MR) is 85.0 cm³/mol. The molecule has 2 aromatic rings. The molecule has 21 heavy (non-hydrogen) atoms. The zero-order chi connectivity index (χ0) is 14.4. The first-order chi connectivity index (χ1) is 10.2. The number of aryl methyl sites for hydroxylation is 1. The largest absolute Gasteiger partial charge is 0.311 e. The van der Waals surface area contributed by atoms with E-state index >= 15 is 0 Å². The van der Waals surface area contributed by atoms with Gasteiger partial charge < -0.3 is 4.90 Å². The van der Waals surface area contributed by atoms with Gasteiger partial charge in [-0.25, -0.2) is 0 Å². The first-order valence-electron chi connectivity index (χ1n) is 7.65. The van der Waals surface area contributed by atoms with Crippen molar-refractivity contribution in [2.24, 2.45) is 0 Å². The van der Waals surface area contributed by atoms with Gasteiger partial charge >= 0.3 is 0 Å². The fraction of sp³-hybridized carbons (Fsp3) is 0.412. The second-order valence-electron chi connectivity index (χ2n) is 5.90. The molecule has 1 amide bonds. The van der Waals surface area contributed by atoms with Gasteiger partial charge in [0.15, 0.2) is 0 Å². The van der Waals surface area contributed by atoms with Crippen molar-refractivity contribution in [3.05, 3.63) is 34.5 Å². The lowest BCUT2D eigenvalue weighted by atomic mass is 9.92. The topological polar surface area (TPSA) is 33.2 Å². The van der Waals surface area contributed by atoms with E-state index in [0.717, 1.165) is 48.1 Å². The molecule has 3 nitrogen and oxygen atoms in total. The van der Waals surface area contributed by atoms with Crippen LogP contribution in [0.4, 0.5) is 5.69 Å². The lowest BCUT2D eigenvalue weighted by molar-refractivity contribution is -0.117.